The van der Waals surface area contributed by atoms with Crippen molar-refractivity contribution in [2.24, 2.45) is 0 Å². The smallest absolute Gasteiger partial charge is 0.350 e. The van der Waals surface area contributed by atoms with Crippen molar-refractivity contribution >= 4 is 24.6 Å². The van der Waals surface area contributed by atoms with Crippen LogP contribution in [0.5, 0.6) is 0 Å². The van der Waals surface area contributed by atoms with Gasteiger partial charge in [0, 0.05) is 4.11 Å². The molecule has 19 heavy (non-hydrogen) atoms. The van der Waals surface area contributed by atoms with Crippen molar-refractivity contribution in [3.63, 3.8) is 0 Å². The van der Waals surface area contributed by atoms with Crippen molar-refractivity contribution < 1.29 is 27.3 Å². The molecule has 2 aromatic heterocycles. The normalized spacial score (nSPS) is 21.6. The van der Waals surface area contributed by atoms with Crippen LogP contribution in [0.4, 0.5) is 5.82 Å². The summed E-state index contributed by atoms with van der Waals surface area (Å²) in [6.07, 6.45) is -3.00. The Morgan fingerprint density at radius 2 is 2.47 bits per heavy atom. The van der Waals surface area contributed by atoms with Crippen LogP contribution in [0.2, 0.25) is 0 Å². The number of rotatable bonds is 5. The maximum Gasteiger partial charge on any atom is 0.350 e. The molecule has 4 N–H and O–H groups in total. The molecule has 2 heterocycles. The number of nitrogen functional groups attached to an aromatic ring is 1. The first-order valence-corrected chi connectivity index (χ1v) is 6.63. The second-order valence-corrected chi connectivity index (χ2v) is 5.01. The fourth-order valence-electron chi connectivity index (χ4n) is 1.23. The van der Waals surface area contributed by atoms with E-state index in [1.807, 2.05) is 0 Å². The summed E-state index contributed by atoms with van der Waals surface area (Å²) in [5.74, 6) is -0.0971. The third-order valence-corrected chi connectivity index (χ3v) is 2.43. The maximum absolute atomic E-state index is 11.0. The van der Waals surface area contributed by atoms with E-state index in [1.165, 1.54) is 0 Å². The summed E-state index contributed by atoms with van der Waals surface area (Å²) in [7, 11) is -4.86. The van der Waals surface area contributed by atoms with E-state index in [0.29, 0.717) is 4.57 Å². The first kappa shape index (κ1) is 7.91. The minimum atomic E-state index is -4.86. The molecule has 0 aromatic carbocycles. The van der Waals surface area contributed by atoms with Crippen LogP contribution in [-0.2, 0) is 15.8 Å². The van der Waals surface area contributed by atoms with Gasteiger partial charge >= 0.3 is 7.60 Å². The quantitative estimate of drug-likeness (QED) is 0.652. The molecule has 0 radical (unpaired) electrons. The molecule has 0 aliphatic rings. The second-order valence-electron chi connectivity index (χ2n) is 3.42. The van der Waals surface area contributed by atoms with Gasteiger partial charge in [-0.05, 0) is 6.85 Å². The minimum Gasteiger partial charge on any atom is -0.382 e. The van der Waals surface area contributed by atoms with Gasteiger partial charge in [-0.1, -0.05) is 0 Å². The molecule has 2 aromatic rings. The molecule has 104 valence electrons. The van der Waals surface area contributed by atoms with E-state index in [-0.39, 0.29) is 17.0 Å². The minimum absolute atomic E-state index is 0.0331. The van der Waals surface area contributed by atoms with E-state index in [1.54, 1.807) is 0 Å². The molecule has 1 atom stereocenters. The molecule has 2 rings (SSSR count). The molecule has 9 nitrogen and oxygen atoms in total. The Morgan fingerprint density at radius 1 is 1.68 bits per heavy atom. The fraction of sp³-hybridized carbons (Fsp3) is 0.444. The molecule has 0 amide bonds. The van der Waals surface area contributed by atoms with Crippen molar-refractivity contribution in [1.82, 2.24) is 19.5 Å². The van der Waals surface area contributed by atoms with Crippen molar-refractivity contribution in [2.45, 2.75) is 19.4 Å². The first-order chi connectivity index (χ1) is 11.2. The Labute approximate surface area is 117 Å². The lowest BCUT2D eigenvalue weighted by Gasteiger charge is -2.14. The lowest BCUT2D eigenvalue weighted by Crippen LogP contribution is -2.17. The summed E-state index contributed by atoms with van der Waals surface area (Å²) in [6, 6.07) is 0. The third-order valence-electron chi connectivity index (χ3n) is 1.96. The summed E-state index contributed by atoms with van der Waals surface area (Å²) in [4.78, 5) is 29.0. The van der Waals surface area contributed by atoms with Gasteiger partial charge in [-0.3, -0.25) is 4.57 Å². The lowest BCUT2D eigenvalue weighted by molar-refractivity contribution is 0.0764. The van der Waals surface area contributed by atoms with Crippen LogP contribution in [0.3, 0.4) is 0 Å². The van der Waals surface area contributed by atoms with Gasteiger partial charge in [0.2, 0.25) is 0 Å². The molecule has 0 fully saturated rings. The largest absolute Gasteiger partial charge is 0.382 e. The van der Waals surface area contributed by atoms with Crippen molar-refractivity contribution in [3.05, 3.63) is 12.7 Å². The Kier molecular flexibility index (Phi) is 2.17. The zero-order chi connectivity index (χ0) is 19.3. The average Bonchev–Trinajstić information content (AvgIpc) is 2.88. The van der Waals surface area contributed by atoms with E-state index in [9.17, 15) is 4.57 Å². The summed E-state index contributed by atoms with van der Waals surface area (Å²) in [5.41, 5.74) is 5.34. The number of nitrogens with two attached hydrogens (primary N) is 1. The van der Waals surface area contributed by atoms with Gasteiger partial charge in [0.15, 0.2) is 11.5 Å². The Hall–Kier alpha value is -1.54. The highest BCUT2D eigenvalue weighted by atomic mass is 31.2. The van der Waals surface area contributed by atoms with Crippen LogP contribution in [0.25, 0.3) is 11.2 Å². The maximum atomic E-state index is 11.0. The van der Waals surface area contributed by atoms with Gasteiger partial charge in [-0.25, -0.2) is 15.0 Å². The highest BCUT2D eigenvalue weighted by Crippen LogP contribution is 2.34. The van der Waals surface area contributed by atoms with E-state index >= 15 is 0 Å². The van der Waals surface area contributed by atoms with Crippen molar-refractivity contribution in [1.29, 1.82) is 0 Å². The Morgan fingerprint density at radius 3 is 3.16 bits per heavy atom. The van der Waals surface area contributed by atoms with Crippen LogP contribution in [0.15, 0.2) is 12.7 Å². The molecule has 0 bridgehead atoms. The molecule has 10 heteroatoms. The molecule has 0 aliphatic carbocycles. The number of hydrogen-bond acceptors (Lipinski definition) is 6. The first-order valence-electron chi connectivity index (χ1n) is 7.83. The predicted molar refractivity (Wildman–Crippen MR) is 67.2 cm³/mol. The number of ether oxygens (including phenoxy) is 1. The zero-order valence-corrected chi connectivity index (χ0v) is 10.3. The monoisotopic (exact) mass is 293 g/mol. The number of hydrogen-bond donors (Lipinski definition) is 3. The van der Waals surface area contributed by atoms with Crippen LogP contribution in [-0.4, -0.2) is 41.7 Å². The van der Waals surface area contributed by atoms with Crippen LogP contribution < -0.4 is 5.73 Å². The molecular formula is C9H14N5O4P. The number of anilines is 1. The number of aromatic nitrogens is 4. The van der Waals surface area contributed by atoms with E-state index in [0.717, 1.165) is 12.7 Å². The number of fused-ring (bicyclic) bond motifs is 1. The van der Waals surface area contributed by atoms with Crippen molar-refractivity contribution in [2.75, 3.05) is 12.1 Å². The SMILES string of the molecule is [2H]C([2H])([2H])[C@@]([2H])(OCP(=O)(O)O)C([2H])([2H])n1cnc2c(N)ncnc21. The van der Waals surface area contributed by atoms with Gasteiger partial charge < -0.3 is 24.8 Å². The lowest BCUT2D eigenvalue weighted by atomic mass is 10.4. The molecular weight excluding hydrogens is 273 g/mol. The highest BCUT2D eigenvalue weighted by molar-refractivity contribution is 7.51. The Balaban J connectivity index is 2.61. The van der Waals surface area contributed by atoms with Gasteiger partial charge in [-0.2, -0.15) is 0 Å². The Bertz CT molecular complexity index is 837. The zero-order valence-electron chi connectivity index (χ0n) is 15.4. The third kappa shape index (κ3) is 3.48. The predicted octanol–water partition coefficient (Wildman–Crippen LogP) is -0.0512. The average molecular weight is 293 g/mol. The number of nitrogens with zero attached hydrogens (tertiary/aromatic N) is 4. The van der Waals surface area contributed by atoms with E-state index < -0.39 is 33.4 Å². The van der Waals surface area contributed by atoms with Crippen LogP contribution in [0, 0.1) is 0 Å². The molecule has 0 aliphatic heterocycles. The van der Waals surface area contributed by atoms with Gasteiger partial charge in [0.05, 0.1) is 23.0 Å². The summed E-state index contributed by atoms with van der Waals surface area (Å²) < 4.78 is 62.7. The summed E-state index contributed by atoms with van der Waals surface area (Å²) in [5, 5.41) is 0. The molecule has 0 saturated carbocycles. The van der Waals surface area contributed by atoms with E-state index in [4.69, 9.17) is 23.7 Å². The molecule has 0 saturated heterocycles. The van der Waals surface area contributed by atoms with Gasteiger partial charge in [0.25, 0.3) is 0 Å². The standard InChI is InChI=1S/C9H14N5O4P/c1-6(18-5-19(15,16)17)2-14-4-13-7-8(10)11-3-12-9(7)14/h3-4,6H,2,5H2,1H3,(H2,10,11,12)(H2,15,16,17)/t6-/m1/s1/i1D3,2D2,6D. The van der Waals surface area contributed by atoms with E-state index in [2.05, 4.69) is 19.7 Å². The van der Waals surface area contributed by atoms with Crippen LogP contribution in [0.1, 0.15) is 15.1 Å². The second kappa shape index (κ2) is 5.22. The highest BCUT2D eigenvalue weighted by Gasteiger charge is 2.16. The van der Waals surface area contributed by atoms with Crippen molar-refractivity contribution in [3.8, 4) is 0 Å². The van der Waals surface area contributed by atoms with Crippen LogP contribution >= 0.6 is 7.60 Å². The summed E-state index contributed by atoms with van der Waals surface area (Å²) >= 11 is 0. The fourth-order valence-corrected chi connectivity index (χ4v) is 1.52. The van der Waals surface area contributed by atoms with Gasteiger partial charge in [0.1, 0.15) is 18.2 Å². The topological polar surface area (TPSA) is 136 Å². The summed E-state index contributed by atoms with van der Waals surface area (Å²) in [6.45, 7) is -6.57. The number of imidazole rings is 1. The van der Waals surface area contributed by atoms with Gasteiger partial charge in [-0.15, -0.1) is 0 Å². The molecule has 0 unspecified atom stereocenters. The molecule has 0 spiro atoms.